The summed E-state index contributed by atoms with van der Waals surface area (Å²) < 4.78 is 5.52. The van der Waals surface area contributed by atoms with Gasteiger partial charge in [0.2, 0.25) is 5.75 Å². The molecule has 0 saturated heterocycles. The number of rotatable bonds is 4. The first-order valence-electron chi connectivity index (χ1n) is 6.05. The van der Waals surface area contributed by atoms with Crippen molar-refractivity contribution < 1.29 is 9.66 Å². The minimum absolute atomic E-state index is 0.0305. The second-order valence-electron chi connectivity index (χ2n) is 4.45. The molecule has 0 fully saturated rings. The standard InChI is InChI=1S/C14H12Cl2N2O3/c1-8(17)9-2-5-13(11(16)6-9)21-14-7-10(15)3-4-12(14)18(19)20/h2-8H,17H2,1H3. The van der Waals surface area contributed by atoms with Gasteiger partial charge < -0.3 is 10.5 Å². The third-order valence-corrected chi connectivity index (χ3v) is 3.35. The van der Waals surface area contributed by atoms with E-state index < -0.39 is 4.92 Å². The highest BCUT2D eigenvalue weighted by molar-refractivity contribution is 6.32. The molecule has 0 radical (unpaired) electrons. The van der Waals surface area contributed by atoms with Crippen LogP contribution in [0, 0.1) is 10.1 Å². The monoisotopic (exact) mass is 326 g/mol. The van der Waals surface area contributed by atoms with E-state index in [1.807, 2.05) is 6.92 Å². The first-order valence-corrected chi connectivity index (χ1v) is 6.81. The fourth-order valence-electron chi connectivity index (χ4n) is 1.72. The van der Waals surface area contributed by atoms with Crippen LogP contribution >= 0.6 is 23.2 Å². The molecular formula is C14H12Cl2N2O3. The molecule has 0 heterocycles. The Balaban J connectivity index is 2.38. The van der Waals surface area contributed by atoms with Gasteiger partial charge in [-0.25, -0.2) is 0 Å². The first kappa shape index (κ1) is 15.6. The second-order valence-corrected chi connectivity index (χ2v) is 5.29. The average molecular weight is 327 g/mol. The quantitative estimate of drug-likeness (QED) is 0.651. The van der Waals surface area contributed by atoms with E-state index in [4.69, 9.17) is 33.7 Å². The number of halogens is 2. The van der Waals surface area contributed by atoms with Crippen LogP contribution < -0.4 is 10.5 Å². The maximum atomic E-state index is 11.0. The molecule has 2 rings (SSSR count). The Bertz CT molecular complexity index is 690. The maximum Gasteiger partial charge on any atom is 0.311 e. The van der Waals surface area contributed by atoms with Crippen molar-refractivity contribution in [3.63, 3.8) is 0 Å². The minimum Gasteiger partial charge on any atom is -0.449 e. The molecule has 21 heavy (non-hydrogen) atoms. The Morgan fingerprint density at radius 3 is 2.48 bits per heavy atom. The second kappa shape index (κ2) is 6.30. The molecule has 0 aliphatic carbocycles. The van der Waals surface area contributed by atoms with Gasteiger partial charge in [0.25, 0.3) is 0 Å². The summed E-state index contributed by atoms with van der Waals surface area (Å²) in [5, 5.41) is 11.6. The van der Waals surface area contributed by atoms with Crippen molar-refractivity contribution in [1.29, 1.82) is 0 Å². The van der Waals surface area contributed by atoms with Crippen molar-refractivity contribution in [2.45, 2.75) is 13.0 Å². The highest BCUT2D eigenvalue weighted by Gasteiger charge is 2.17. The average Bonchev–Trinajstić information content (AvgIpc) is 2.40. The Kier molecular flexibility index (Phi) is 4.67. The lowest BCUT2D eigenvalue weighted by Gasteiger charge is -2.11. The maximum absolute atomic E-state index is 11.0. The fraction of sp³-hybridized carbons (Fsp3) is 0.143. The lowest BCUT2D eigenvalue weighted by Crippen LogP contribution is -2.04. The molecule has 110 valence electrons. The highest BCUT2D eigenvalue weighted by atomic mass is 35.5. The molecule has 2 aromatic carbocycles. The zero-order valence-electron chi connectivity index (χ0n) is 11.0. The van der Waals surface area contributed by atoms with Crippen molar-refractivity contribution in [3.8, 4) is 11.5 Å². The first-order chi connectivity index (χ1) is 9.88. The van der Waals surface area contributed by atoms with Gasteiger partial charge in [0.05, 0.1) is 9.95 Å². The van der Waals surface area contributed by atoms with E-state index in [-0.39, 0.29) is 17.5 Å². The summed E-state index contributed by atoms with van der Waals surface area (Å²) in [6, 6.07) is 8.94. The van der Waals surface area contributed by atoms with Gasteiger partial charge in [-0.2, -0.15) is 0 Å². The molecular weight excluding hydrogens is 315 g/mol. The summed E-state index contributed by atoms with van der Waals surface area (Å²) in [5.74, 6) is 0.328. The van der Waals surface area contributed by atoms with Gasteiger partial charge in [-0.05, 0) is 30.7 Å². The van der Waals surface area contributed by atoms with Gasteiger partial charge in [-0.1, -0.05) is 29.3 Å². The molecule has 0 amide bonds. The Morgan fingerprint density at radius 1 is 1.19 bits per heavy atom. The Labute approximate surface area is 131 Å². The van der Waals surface area contributed by atoms with E-state index >= 15 is 0 Å². The summed E-state index contributed by atoms with van der Waals surface area (Å²) in [5.41, 5.74) is 6.42. The normalized spacial score (nSPS) is 12.0. The lowest BCUT2D eigenvalue weighted by atomic mass is 10.1. The minimum atomic E-state index is -0.546. The predicted octanol–water partition coefficient (Wildman–Crippen LogP) is 4.71. The number of nitro groups is 1. The number of nitrogens with zero attached hydrogens (tertiary/aromatic N) is 1. The van der Waals surface area contributed by atoms with Crippen LogP contribution in [0.3, 0.4) is 0 Å². The smallest absolute Gasteiger partial charge is 0.311 e. The van der Waals surface area contributed by atoms with Crippen LogP contribution in [0.2, 0.25) is 10.0 Å². The number of nitro benzene ring substituents is 1. The van der Waals surface area contributed by atoms with Crippen LogP contribution in [-0.4, -0.2) is 4.92 Å². The molecule has 2 aromatic rings. The molecule has 2 N–H and O–H groups in total. The van der Waals surface area contributed by atoms with Gasteiger partial charge in [0.15, 0.2) is 0 Å². The van der Waals surface area contributed by atoms with Crippen molar-refractivity contribution in [2.75, 3.05) is 0 Å². The number of nitrogens with two attached hydrogens (primary N) is 1. The highest BCUT2D eigenvalue weighted by Crippen LogP contribution is 2.37. The zero-order valence-corrected chi connectivity index (χ0v) is 12.6. The molecule has 0 saturated carbocycles. The van der Waals surface area contributed by atoms with Crippen LogP contribution in [0.1, 0.15) is 18.5 Å². The summed E-state index contributed by atoms with van der Waals surface area (Å²) in [6.07, 6.45) is 0. The molecule has 0 aliphatic rings. The number of hydrogen-bond acceptors (Lipinski definition) is 4. The molecule has 0 aromatic heterocycles. The summed E-state index contributed by atoms with van der Waals surface area (Å²) >= 11 is 12.0. The van der Waals surface area contributed by atoms with E-state index in [2.05, 4.69) is 0 Å². The number of ether oxygens (including phenoxy) is 1. The molecule has 1 atom stereocenters. The van der Waals surface area contributed by atoms with Gasteiger partial charge in [0, 0.05) is 23.2 Å². The molecule has 1 unspecified atom stereocenters. The van der Waals surface area contributed by atoms with E-state index in [9.17, 15) is 10.1 Å². The Hall–Kier alpha value is -1.82. The van der Waals surface area contributed by atoms with Crippen LogP contribution in [0.15, 0.2) is 36.4 Å². The van der Waals surface area contributed by atoms with Crippen molar-refractivity contribution in [1.82, 2.24) is 0 Å². The van der Waals surface area contributed by atoms with Crippen LogP contribution in [0.5, 0.6) is 11.5 Å². The molecule has 5 nitrogen and oxygen atoms in total. The lowest BCUT2D eigenvalue weighted by molar-refractivity contribution is -0.385. The Morgan fingerprint density at radius 2 is 1.90 bits per heavy atom. The van der Waals surface area contributed by atoms with E-state index in [0.717, 1.165) is 5.56 Å². The fourth-order valence-corrected chi connectivity index (χ4v) is 2.11. The van der Waals surface area contributed by atoms with Crippen molar-refractivity contribution in [3.05, 3.63) is 62.1 Å². The van der Waals surface area contributed by atoms with Crippen LogP contribution in [-0.2, 0) is 0 Å². The van der Waals surface area contributed by atoms with Gasteiger partial charge in [0.1, 0.15) is 5.75 Å². The van der Waals surface area contributed by atoms with Crippen molar-refractivity contribution in [2.24, 2.45) is 5.73 Å². The molecule has 0 bridgehead atoms. The third-order valence-electron chi connectivity index (χ3n) is 2.82. The van der Waals surface area contributed by atoms with Crippen LogP contribution in [0.25, 0.3) is 0 Å². The SMILES string of the molecule is CC(N)c1ccc(Oc2cc(Cl)ccc2[N+](=O)[O-])c(Cl)c1. The van der Waals surface area contributed by atoms with E-state index in [1.54, 1.807) is 18.2 Å². The largest absolute Gasteiger partial charge is 0.449 e. The van der Waals surface area contributed by atoms with E-state index in [0.29, 0.717) is 15.8 Å². The predicted molar refractivity (Wildman–Crippen MR) is 82.2 cm³/mol. The summed E-state index contributed by atoms with van der Waals surface area (Å²) in [4.78, 5) is 10.4. The topological polar surface area (TPSA) is 78.4 Å². The number of benzene rings is 2. The van der Waals surface area contributed by atoms with Gasteiger partial charge in [-0.3, -0.25) is 10.1 Å². The van der Waals surface area contributed by atoms with E-state index in [1.165, 1.54) is 18.2 Å². The van der Waals surface area contributed by atoms with Gasteiger partial charge in [-0.15, -0.1) is 0 Å². The summed E-state index contributed by atoms with van der Waals surface area (Å²) in [6.45, 7) is 1.83. The van der Waals surface area contributed by atoms with Crippen LogP contribution in [0.4, 0.5) is 5.69 Å². The molecule has 0 aliphatic heterocycles. The zero-order chi connectivity index (χ0) is 15.6. The van der Waals surface area contributed by atoms with Gasteiger partial charge >= 0.3 is 5.69 Å². The van der Waals surface area contributed by atoms with Crippen molar-refractivity contribution >= 4 is 28.9 Å². The summed E-state index contributed by atoms with van der Waals surface area (Å²) in [7, 11) is 0. The molecule has 7 heteroatoms. The number of hydrogen-bond donors (Lipinski definition) is 1. The third kappa shape index (κ3) is 3.64. The molecule has 0 spiro atoms.